The van der Waals surface area contributed by atoms with Crippen LogP contribution in [0.4, 0.5) is 4.79 Å². The monoisotopic (exact) mass is 1090 g/mol. The zero-order valence-corrected chi connectivity index (χ0v) is 42.6. The van der Waals surface area contributed by atoms with Gasteiger partial charge in [-0.1, -0.05) is 30.3 Å². The third kappa shape index (κ3) is 19.3. The van der Waals surface area contributed by atoms with Crippen molar-refractivity contribution >= 4 is 35.7 Å². The Balaban J connectivity index is 1.53. The fourth-order valence-corrected chi connectivity index (χ4v) is 8.38. The van der Waals surface area contributed by atoms with E-state index in [1.165, 1.54) is 25.7 Å². The second kappa shape index (κ2) is 31.6. The molecule has 3 aliphatic heterocycles. The number of aliphatic hydroxyl groups is 9. The van der Waals surface area contributed by atoms with E-state index in [4.69, 9.17) is 38.9 Å². The van der Waals surface area contributed by atoms with Crippen molar-refractivity contribution in [3.8, 4) is 0 Å². The van der Waals surface area contributed by atoms with Crippen LogP contribution in [0.5, 0.6) is 0 Å². The lowest BCUT2D eigenvalue weighted by Crippen LogP contribution is -2.58. The maximum atomic E-state index is 14.3. The number of hydrogen-bond acceptors (Lipinski definition) is 23. The molecule has 3 saturated heterocycles. The number of unbranched alkanes of at least 4 members (excludes halogenated alkanes) is 1. The van der Waals surface area contributed by atoms with Crippen LogP contribution in [0.3, 0.4) is 0 Å². The van der Waals surface area contributed by atoms with Gasteiger partial charge < -0.3 is 106 Å². The van der Waals surface area contributed by atoms with E-state index in [0.717, 1.165) is 4.90 Å². The Morgan fingerprint density at radius 1 is 0.592 bits per heavy atom. The zero-order chi connectivity index (χ0) is 56.2. The predicted molar refractivity (Wildman–Crippen MR) is 256 cm³/mol. The maximum absolute atomic E-state index is 14.3. The van der Waals surface area contributed by atoms with E-state index in [1.54, 1.807) is 30.3 Å². The number of primary amides is 1. The Labute approximate surface area is 438 Å². The van der Waals surface area contributed by atoms with E-state index in [1.807, 2.05) is 0 Å². The Morgan fingerprint density at radius 2 is 1.03 bits per heavy atom. The van der Waals surface area contributed by atoms with Crippen molar-refractivity contribution in [2.75, 3.05) is 59.1 Å². The van der Waals surface area contributed by atoms with E-state index < -0.39 is 153 Å². The molecule has 3 fully saturated rings. The number of carboxylic acid groups (broad SMARTS) is 1. The third-order valence-electron chi connectivity index (χ3n) is 12.8. The average molecular weight is 1090 g/mol. The van der Waals surface area contributed by atoms with Crippen LogP contribution in [0.1, 0.15) is 58.4 Å². The second-order valence-electron chi connectivity index (χ2n) is 18.7. The molecule has 29 nitrogen and oxygen atoms in total. The fraction of sp³-hybridized carbons (Fsp3) is 0.745. The van der Waals surface area contributed by atoms with Gasteiger partial charge >= 0.3 is 12.1 Å². The summed E-state index contributed by atoms with van der Waals surface area (Å²) in [5, 5.41) is 110. The number of amides is 5. The Hall–Kier alpha value is -4.80. The highest BCUT2D eigenvalue weighted by Crippen LogP contribution is 2.24. The molecule has 0 unspecified atom stereocenters. The van der Waals surface area contributed by atoms with Crippen LogP contribution in [0.25, 0.3) is 0 Å². The van der Waals surface area contributed by atoms with Gasteiger partial charge in [0.15, 0.2) is 18.9 Å². The van der Waals surface area contributed by atoms with Gasteiger partial charge in [-0.15, -0.1) is 0 Å². The molecule has 3 heterocycles. The normalized spacial score (nSPS) is 30.4. The topological polar surface area (TPSA) is 438 Å². The van der Waals surface area contributed by atoms with Crippen molar-refractivity contribution < 1.29 is 113 Å². The molecule has 0 aromatic heterocycles. The largest absolute Gasteiger partial charge is 0.480 e. The third-order valence-corrected chi connectivity index (χ3v) is 12.8. The number of aliphatic hydroxyl groups excluding tert-OH is 9. The molecule has 0 aliphatic carbocycles. The summed E-state index contributed by atoms with van der Waals surface area (Å²) in [6.07, 6.45) is -22.7. The summed E-state index contributed by atoms with van der Waals surface area (Å²) in [4.78, 5) is 81.5. The van der Waals surface area contributed by atoms with Crippen LogP contribution in [-0.4, -0.2) is 260 Å². The summed E-state index contributed by atoms with van der Waals surface area (Å²) < 4.78 is 38.4. The summed E-state index contributed by atoms with van der Waals surface area (Å²) in [5.74, 6) is -4.55. The Morgan fingerprint density at radius 3 is 1.45 bits per heavy atom. The van der Waals surface area contributed by atoms with Crippen LogP contribution >= 0.6 is 0 Å². The first kappa shape index (κ1) is 63.7. The Kier molecular flexibility index (Phi) is 26.5. The lowest BCUT2D eigenvalue weighted by molar-refractivity contribution is -0.292. The molecule has 0 spiro atoms. The number of nitrogens with zero attached hydrogens (tertiary/aromatic N) is 2. The highest BCUT2D eigenvalue weighted by Gasteiger charge is 2.45. The van der Waals surface area contributed by atoms with E-state index in [2.05, 4.69) is 16.0 Å². The number of hydrogen-bond donors (Lipinski definition) is 14. The van der Waals surface area contributed by atoms with Crippen molar-refractivity contribution in [2.45, 2.75) is 164 Å². The van der Waals surface area contributed by atoms with E-state index in [9.17, 15) is 79.8 Å². The minimum Gasteiger partial charge on any atom is -0.480 e. The van der Waals surface area contributed by atoms with Crippen LogP contribution in [0.15, 0.2) is 30.3 Å². The zero-order valence-electron chi connectivity index (χ0n) is 42.6. The molecule has 1 aromatic carbocycles. The van der Waals surface area contributed by atoms with Gasteiger partial charge in [-0.3, -0.25) is 29.0 Å². The SMILES string of the molecule is C[C@@H]1O[C@@H](OCCNC(=O)CN(CC(=O)NCCO[C@@H]2O[C@@H](C)[C@@H](O)[C@@H](O)[C@@H]2O)[C@@H](CCCCN(C(=O)OCc2ccccc2)[C@@H](CCC(N)=O)C(=O)O)C(=O)NCCO[C@@H]2O[C@@H](C)[C@@H](O)[C@@H](O)[C@@H]2O)[C@@H](O)[C@H](O)[C@@H]1O. The smallest absolute Gasteiger partial charge is 0.410 e. The first-order valence-corrected chi connectivity index (χ1v) is 25.0. The number of nitrogens with one attached hydrogen (secondary N) is 3. The van der Waals surface area contributed by atoms with Crippen molar-refractivity contribution in [1.29, 1.82) is 0 Å². The molecule has 5 amide bonds. The quantitative estimate of drug-likeness (QED) is 0.0319. The van der Waals surface area contributed by atoms with Crippen molar-refractivity contribution in [3.05, 3.63) is 35.9 Å². The molecule has 0 radical (unpaired) electrons. The molecule has 432 valence electrons. The number of aliphatic carboxylic acids is 1. The molecule has 1 aromatic rings. The van der Waals surface area contributed by atoms with Crippen LogP contribution in [0.2, 0.25) is 0 Å². The van der Waals surface area contributed by atoms with E-state index >= 15 is 0 Å². The van der Waals surface area contributed by atoms with Gasteiger partial charge in [-0.25, -0.2) is 9.59 Å². The molecular formula is C47H76N6O23. The number of ether oxygens (including phenoxy) is 7. The maximum Gasteiger partial charge on any atom is 0.410 e. The lowest BCUT2D eigenvalue weighted by atomic mass is 10.0. The molecule has 15 N–H and O–H groups in total. The first-order chi connectivity index (χ1) is 36.0. The van der Waals surface area contributed by atoms with Gasteiger partial charge in [0.05, 0.1) is 57.3 Å². The summed E-state index contributed by atoms with van der Waals surface area (Å²) in [6.45, 7) is 0.964. The minimum absolute atomic E-state index is 0.00325. The van der Waals surface area contributed by atoms with Crippen molar-refractivity contribution in [3.63, 3.8) is 0 Å². The molecule has 3 aliphatic rings. The van der Waals surface area contributed by atoms with Gasteiger partial charge in [-0.2, -0.15) is 0 Å². The number of benzene rings is 1. The van der Waals surface area contributed by atoms with Gasteiger partial charge in [0.2, 0.25) is 23.6 Å². The number of carbonyl (C=O) groups excluding carboxylic acids is 5. The summed E-state index contributed by atoms with van der Waals surface area (Å²) in [7, 11) is 0. The Bertz CT molecular complexity index is 1930. The van der Waals surface area contributed by atoms with Crippen LogP contribution < -0.4 is 21.7 Å². The molecule has 0 bridgehead atoms. The average Bonchev–Trinajstić information content (AvgIpc) is 3.38. The van der Waals surface area contributed by atoms with Crippen molar-refractivity contribution in [2.24, 2.45) is 5.73 Å². The standard InChI is InChI=1S/C47H76N6O23/c1-24-33(57)36(60)39(63)44(74-24)70-18-14-49-31(55)21-52(22-32(56)50-15-19-71-45-40(64)37(61)34(58)25(2)75-45)28(42(66)51-16-20-72-46-41(65)38(62)35(59)26(3)76-46)11-7-8-17-53(29(43(67)68)12-13-30(48)54)47(69)73-23-27-9-5-4-6-10-27/h4-6,9-10,24-26,28-29,33-41,44-46,57-65H,7-8,11-23H2,1-3H3,(H2,48,54)(H,49,55)(H,50,56)(H,51,66)(H,67,68)/t24-,25-,26-,28-,29-,33+,34+,35+,36+,37+,38+,39-,40-,41-,44+,45+,46+/m0/s1. The van der Waals surface area contributed by atoms with Gasteiger partial charge in [0.1, 0.15) is 67.6 Å². The summed E-state index contributed by atoms with van der Waals surface area (Å²) >= 11 is 0. The first-order valence-electron chi connectivity index (χ1n) is 25.0. The molecule has 4 rings (SSSR count). The highest BCUT2D eigenvalue weighted by molar-refractivity contribution is 5.86. The molecule has 76 heavy (non-hydrogen) atoms. The van der Waals surface area contributed by atoms with Crippen molar-refractivity contribution in [1.82, 2.24) is 25.8 Å². The molecule has 17 atom stereocenters. The highest BCUT2D eigenvalue weighted by atomic mass is 16.7. The second-order valence-corrected chi connectivity index (χ2v) is 18.7. The predicted octanol–water partition coefficient (Wildman–Crippen LogP) is -5.93. The van der Waals surface area contributed by atoms with Crippen LogP contribution in [-0.2, 0) is 63.7 Å². The van der Waals surface area contributed by atoms with E-state index in [0.29, 0.717) is 5.56 Å². The van der Waals surface area contributed by atoms with Gasteiger partial charge in [0, 0.05) is 32.6 Å². The summed E-state index contributed by atoms with van der Waals surface area (Å²) in [6, 6.07) is 5.60. The lowest BCUT2D eigenvalue weighted by Gasteiger charge is -2.39. The van der Waals surface area contributed by atoms with Gasteiger partial charge in [-0.05, 0) is 52.0 Å². The fourth-order valence-electron chi connectivity index (χ4n) is 8.38. The molecule has 29 heteroatoms. The van der Waals surface area contributed by atoms with Crippen LogP contribution in [0, 0.1) is 0 Å². The number of carbonyl (C=O) groups is 6. The molecule has 0 saturated carbocycles. The summed E-state index contributed by atoms with van der Waals surface area (Å²) in [5.41, 5.74) is 5.92. The number of carboxylic acids is 1. The minimum atomic E-state index is -1.66. The molecular weight excluding hydrogens is 1020 g/mol. The van der Waals surface area contributed by atoms with E-state index in [-0.39, 0.29) is 84.7 Å². The number of rotatable bonds is 30. The van der Waals surface area contributed by atoms with Gasteiger partial charge in [0.25, 0.3) is 0 Å². The number of nitrogens with two attached hydrogens (primary N) is 1.